The molecular weight excluding hydrogens is 152 g/mol. The summed E-state index contributed by atoms with van der Waals surface area (Å²) in [5.74, 6) is 0. The van der Waals surface area contributed by atoms with Gasteiger partial charge in [-0.15, -0.1) is 0 Å². The summed E-state index contributed by atoms with van der Waals surface area (Å²) < 4.78 is 4.81. The van der Waals surface area contributed by atoms with Gasteiger partial charge in [-0.2, -0.15) is 0 Å². The van der Waals surface area contributed by atoms with Gasteiger partial charge in [0.25, 0.3) is 0 Å². The van der Waals surface area contributed by atoms with Gasteiger partial charge in [-0.25, -0.2) is 0 Å². The van der Waals surface area contributed by atoms with Crippen LogP contribution in [0.2, 0.25) is 0 Å². The van der Waals surface area contributed by atoms with Crippen molar-refractivity contribution in [3.63, 3.8) is 0 Å². The molecule has 1 heterocycles. The van der Waals surface area contributed by atoms with E-state index in [1.165, 1.54) is 0 Å². The fourth-order valence-corrected chi connectivity index (χ4v) is 1.03. The third kappa shape index (κ3) is 1.69. The lowest BCUT2D eigenvalue weighted by atomic mass is 10.0. The highest BCUT2D eigenvalue weighted by atomic mass is 16.5. The predicted octanol–water partition coefficient (Wildman–Crippen LogP) is -2.54. The molecule has 2 unspecified atom stereocenters. The average molecular weight is 164 g/mol. The Labute approximate surface area is 63.8 Å². The molecule has 4 atom stereocenters. The molecule has 0 radical (unpaired) electrons. The molecular formula is C6H12O5. The molecule has 0 bridgehead atoms. The lowest BCUT2D eigenvalue weighted by molar-refractivity contribution is -0.195. The van der Waals surface area contributed by atoms with Gasteiger partial charge in [0.15, 0.2) is 0 Å². The SMILES string of the molecule is OCC1OCC(O)[C@@H](O)[C@@H]1O. The van der Waals surface area contributed by atoms with Crippen molar-refractivity contribution in [3.05, 3.63) is 0 Å². The van der Waals surface area contributed by atoms with Crippen LogP contribution < -0.4 is 0 Å². The van der Waals surface area contributed by atoms with Crippen molar-refractivity contribution in [2.75, 3.05) is 13.2 Å². The molecule has 0 aromatic heterocycles. The van der Waals surface area contributed by atoms with Crippen LogP contribution in [-0.4, -0.2) is 58.1 Å². The standard InChI is InChI=1S/C6H12O5/c7-1-4-6(10)5(9)3(8)2-11-4/h3-10H,1-2H2/t3?,4?,5-,6-/m1/s1. The van der Waals surface area contributed by atoms with Gasteiger partial charge in [0.2, 0.25) is 0 Å². The molecule has 1 rings (SSSR count). The van der Waals surface area contributed by atoms with Crippen LogP contribution in [0.4, 0.5) is 0 Å². The van der Waals surface area contributed by atoms with Gasteiger partial charge in [-0.05, 0) is 0 Å². The van der Waals surface area contributed by atoms with Gasteiger partial charge in [-0.3, -0.25) is 0 Å². The summed E-state index contributed by atoms with van der Waals surface area (Å²) in [6.45, 7) is -0.408. The Morgan fingerprint density at radius 3 is 2.36 bits per heavy atom. The maximum absolute atomic E-state index is 9.11. The molecule has 1 aliphatic rings. The summed E-state index contributed by atoms with van der Waals surface area (Å²) >= 11 is 0. The van der Waals surface area contributed by atoms with Crippen molar-refractivity contribution >= 4 is 0 Å². The van der Waals surface area contributed by atoms with E-state index >= 15 is 0 Å². The van der Waals surface area contributed by atoms with Crippen LogP contribution in [0.25, 0.3) is 0 Å². The van der Waals surface area contributed by atoms with Crippen molar-refractivity contribution in [1.82, 2.24) is 0 Å². The lowest BCUT2D eigenvalue weighted by Gasteiger charge is -2.34. The monoisotopic (exact) mass is 164 g/mol. The summed E-state index contributed by atoms with van der Waals surface area (Å²) in [4.78, 5) is 0. The number of hydrogen-bond donors (Lipinski definition) is 4. The second-order valence-electron chi connectivity index (χ2n) is 2.60. The van der Waals surface area contributed by atoms with Crippen molar-refractivity contribution < 1.29 is 25.2 Å². The zero-order valence-electron chi connectivity index (χ0n) is 5.92. The summed E-state index contributed by atoms with van der Waals surface area (Å²) in [5.41, 5.74) is 0. The van der Waals surface area contributed by atoms with E-state index in [-0.39, 0.29) is 13.2 Å². The Hall–Kier alpha value is -0.200. The van der Waals surface area contributed by atoms with E-state index in [2.05, 4.69) is 0 Å². The van der Waals surface area contributed by atoms with Crippen LogP contribution in [0.3, 0.4) is 0 Å². The van der Waals surface area contributed by atoms with Gasteiger partial charge < -0.3 is 25.2 Å². The van der Waals surface area contributed by atoms with Crippen LogP contribution >= 0.6 is 0 Å². The minimum atomic E-state index is -1.22. The Morgan fingerprint density at radius 1 is 1.18 bits per heavy atom. The molecule has 66 valence electrons. The minimum absolute atomic E-state index is 0.0521. The van der Waals surface area contributed by atoms with E-state index in [1.54, 1.807) is 0 Å². The Balaban J connectivity index is 2.52. The van der Waals surface area contributed by atoms with E-state index in [4.69, 9.17) is 25.2 Å². The second kappa shape index (κ2) is 3.46. The average Bonchev–Trinajstić information content (AvgIpc) is 2.01. The quantitative estimate of drug-likeness (QED) is 0.343. The molecule has 1 fully saturated rings. The van der Waals surface area contributed by atoms with Gasteiger partial charge >= 0.3 is 0 Å². The molecule has 1 saturated heterocycles. The highest BCUT2D eigenvalue weighted by Crippen LogP contribution is 2.14. The van der Waals surface area contributed by atoms with Gasteiger partial charge in [-0.1, -0.05) is 0 Å². The zero-order valence-corrected chi connectivity index (χ0v) is 5.92. The van der Waals surface area contributed by atoms with E-state index in [9.17, 15) is 0 Å². The minimum Gasteiger partial charge on any atom is -0.394 e. The van der Waals surface area contributed by atoms with Crippen LogP contribution in [0.15, 0.2) is 0 Å². The molecule has 0 aromatic rings. The zero-order chi connectivity index (χ0) is 8.43. The van der Waals surface area contributed by atoms with Gasteiger partial charge in [0, 0.05) is 0 Å². The number of hydrogen-bond acceptors (Lipinski definition) is 5. The van der Waals surface area contributed by atoms with Crippen molar-refractivity contribution in [3.8, 4) is 0 Å². The molecule has 0 aliphatic carbocycles. The predicted molar refractivity (Wildman–Crippen MR) is 34.8 cm³/mol. The molecule has 4 N–H and O–H groups in total. The third-order valence-corrected chi connectivity index (χ3v) is 1.79. The molecule has 11 heavy (non-hydrogen) atoms. The van der Waals surface area contributed by atoms with Gasteiger partial charge in [0.1, 0.15) is 24.4 Å². The van der Waals surface area contributed by atoms with Crippen molar-refractivity contribution in [2.45, 2.75) is 24.4 Å². The van der Waals surface area contributed by atoms with Crippen molar-refractivity contribution in [2.24, 2.45) is 0 Å². The fourth-order valence-electron chi connectivity index (χ4n) is 1.03. The van der Waals surface area contributed by atoms with Crippen LogP contribution in [0, 0.1) is 0 Å². The fraction of sp³-hybridized carbons (Fsp3) is 1.00. The highest BCUT2D eigenvalue weighted by molar-refractivity contribution is 4.85. The number of aliphatic hydroxyl groups excluding tert-OH is 4. The largest absolute Gasteiger partial charge is 0.394 e. The highest BCUT2D eigenvalue weighted by Gasteiger charge is 2.36. The number of ether oxygens (including phenoxy) is 1. The lowest BCUT2D eigenvalue weighted by Crippen LogP contribution is -2.53. The maximum atomic E-state index is 9.11. The smallest absolute Gasteiger partial charge is 0.111 e. The van der Waals surface area contributed by atoms with Crippen LogP contribution in [-0.2, 0) is 4.74 Å². The first-order chi connectivity index (χ1) is 5.16. The molecule has 0 saturated carbocycles. The van der Waals surface area contributed by atoms with Gasteiger partial charge in [0.05, 0.1) is 13.2 Å². The molecule has 0 spiro atoms. The Kier molecular flexibility index (Phi) is 2.80. The number of aliphatic hydroxyl groups is 4. The van der Waals surface area contributed by atoms with Crippen molar-refractivity contribution in [1.29, 1.82) is 0 Å². The molecule has 5 nitrogen and oxygen atoms in total. The second-order valence-corrected chi connectivity index (χ2v) is 2.60. The first-order valence-corrected chi connectivity index (χ1v) is 3.43. The van der Waals surface area contributed by atoms with E-state index in [0.717, 1.165) is 0 Å². The summed E-state index contributed by atoms with van der Waals surface area (Å²) in [7, 11) is 0. The first kappa shape index (κ1) is 8.89. The molecule has 1 aliphatic heterocycles. The molecule has 0 aromatic carbocycles. The van der Waals surface area contributed by atoms with E-state index in [1.807, 2.05) is 0 Å². The Morgan fingerprint density at radius 2 is 1.82 bits per heavy atom. The maximum Gasteiger partial charge on any atom is 0.111 e. The first-order valence-electron chi connectivity index (χ1n) is 3.43. The van der Waals surface area contributed by atoms with E-state index in [0.29, 0.717) is 0 Å². The summed E-state index contributed by atoms with van der Waals surface area (Å²) in [6.07, 6.45) is -4.27. The number of rotatable bonds is 1. The summed E-state index contributed by atoms with van der Waals surface area (Å²) in [5, 5.41) is 35.7. The van der Waals surface area contributed by atoms with E-state index < -0.39 is 24.4 Å². The summed E-state index contributed by atoms with van der Waals surface area (Å²) in [6, 6.07) is 0. The van der Waals surface area contributed by atoms with Crippen LogP contribution in [0.5, 0.6) is 0 Å². The molecule has 5 heteroatoms. The normalized spacial score (nSPS) is 45.8. The van der Waals surface area contributed by atoms with Crippen LogP contribution in [0.1, 0.15) is 0 Å². The molecule has 0 amide bonds. The third-order valence-electron chi connectivity index (χ3n) is 1.79. The Bertz CT molecular complexity index is 126. The topological polar surface area (TPSA) is 90.2 Å².